The Morgan fingerprint density at radius 1 is 1.11 bits per heavy atom. The average Bonchev–Trinajstić information content (AvgIpc) is 2.88. The van der Waals surface area contributed by atoms with Gasteiger partial charge in [0.1, 0.15) is 12.4 Å². The number of aryl methyl sites for hydroxylation is 1. The summed E-state index contributed by atoms with van der Waals surface area (Å²) in [5.74, 6) is 0.554. The van der Waals surface area contributed by atoms with E-state index in [1.165, 1.54) is 11.1 Å². The molecule has 5 rings (SSSR count). The molecular formula is C28H30ClN3O3. The summed E-state index contributed by atoms with van der Waals surface area (Å²) in [6.07, 6.45) is 10.6. The lowest BCUT2D eigenvalue weighted by molar-refractivity contribution is 0.116. The second-order valence-electron chi connectivity index (χ2n) is 9.39. The van der Waals surface area contributed by atoms with E-state index < -0.39 is 0 Å². The topological polar surface area (TPSA) is 87.2 Å². The highest BCUT2D eigenvalue weighted by Crippen LogP contribution is 2.33. The van der Waals surface area contributed by atoms with Crippen LogP contribution in [0, 0.1) is 0 Å². The molecule has 2 aliphatic rings. The first-order valence-corrected chi connectivity index (χ1v) is 12.6. The molecule has 6 nitrogen and oxygen atoms in total. The summed E-state index contributed by atoms with van der Waals surface area (Å²) in [6, 6.07) is 12.4. The van der Waals surface area contributed by atoms with E-state index in [0.717, 1.165) is 61.9 Å². The average molecular weight is 492 g/mol. The third kappa shape index (κ3) is 5.84. The van der Waals surface area contributed by atoms with E-state index in [0.29, 0.717) is 22.4 Å². The fraction of sp³-hybridized carbons (Fsp3) is 0.357. The van der Waals surface area contributed by atoms with Crippen molar-refractivity contribution >= 4 is 23.3 Å². The number of aliphatic hydroxyl groups is 1. The summed E-state index contributed by atoms with van der Waals surface area (Å²) < 4.78 is 6.01. The van der Waals surface area contributed by atoms with Crippen molar-refractivity contribution < 1.29 is 9.84 Å². The van der Waals surface area contributed by atoms with E-state index in [4.69, 9.17) is 16.3 Å². The molecule has 2 aliphatic carbocycles. The zero-order valence-corrected chi connectivity index (χ0v) is 20.4. The fourth-order valence-electron chi connectivity index (χ4n) is 4.92. The molecule has 1 saturated carbocycles. The largest absolute Gasteiger partial charge is 0.486 e. The van der Waals surface area contributed by atoms with Crippen molar-refractivity contribution in [3.63, 3.8) is 0 Å². The summed E-state index contributed by atoms with van der Waals surface area (Å²) in [4.78, 5) is 19.8. The molecule has 1 fully saturated rings. The number of allylic oxidation sites excluding steroid dienone is 1. The van der Waals surface area contributed by atoms with Crippen LogP contribution in [-0.2, 0) is 19.6 Å². The van der Waals surface area contributed by atoms with Gasteiger partial charge >= 0.3 is 0 Å². The molecule has 2 heterocycles. The van der Waals surface area contributed by atoms with Crippen LogP contribution in [0.3, 0.4) is 0 Å². The normalized spacial score (nSPS) is 19.7. The number of halogens is 1. The first kappa shape index (κ1) is 23.8. The Morgan fingerprint density at radius 2 is 1.97 bits per heavy atom. The molecule has 0 bridgehead atoms. The van der Waals surface area contributed by atoms with Crippen LogP contribution in [0.25, 0.3) is 11.6 Å². The predicted molar refractivity (Wildman–Crippen MR) is 138 cm³/mol. The molecule has 0 unspecified atom stereocenters. The van der Waals surface area contributed by atoms with Gasteiger partial charge in [-0.05, 0) is 79.0 Å². The van der Waals surface area contributed by atoms with E-state index in [2.05, 4.69) is 39.6 Å². The van der Waals surface area contributed by atoms with Gasteiger partial charge in [0, 0.05) is 25.0 Å². The number of H-pyrrole nitrogens is 1. The number of hydrogen-bond donors (Lipinski definition) is 3. The van der Waals surface area contributed by atoms with E-state index >= 15 is 0 Å². The molecule has 1 aromatic carbocycles. The van der Waals surface area contributed by atoms with Crippen LogP contribution in [-0.4, -0.2) is 27.2 Å². The Labute approximate surface area is 210 Å². The zero-order chi connectivity index (χ0) is 24.2. The third-order valence-electron chi connectivity index (χ3n) is 6.90. The Hall–Kier alpha value is -2.93. The van der Waals surface area contributed by atoms with Crippen molar-refractivity contribution in [2.45, 2.75) is 63.8 Å². The first-order valence-electron chi connectivity index (χ1n) is 12.2. The molecule has 7 heteroatoms. The summed E-state index contributed by atoms with van der Waals surface area (Å²) >= 11 is 5.92. The Balaban J connectivity index is 1.30. The van der Waals surface area contributed by atoms with Crippen LogP contribution in [0.4, 0.5) is 0 Å². The molecule has 0 aliphatic heterocycles. The molecule has 0 amide bonds. The maximum absolute atomic E-state index is 12.8. The van der Waals surface area contributed by atoms with Crippen LogP contribution in [0.1, 0.15) is 60.1 Å². The number of fused-ring (bicyclic) bond motifs is 1. The number of nitrogens with one attached hydrogen (secondary N) is 2. The maximum atomic E-state index is 12.8. The summed E-state index contributed by atoms with van der Waals surface area (Å²) in [6.45, 7) is 1.09. The minimum atomic E-state index is -0.153. The Kier molecular flexibility index (Phi) is 7.32. The van der Waals surface area contributed by atoms with Gasteiger partial charge in [0.2, 0.25) is 0 Å². The lowest BCUT2D eigenvalue weighted by Crippen LogP contribution is -2.34. The SMILES string of the molecule is O=c1[nH]ccc(OCc2ccc(Cl)cn2)c1C1=Cc2ccc(CNC3CCC(O)CC3)cc2CC1. The minimum absolute atomic E-state index is 0.130. The van der Waals surface area contributed by atoms with Gasteiger partial charge in [-0.3, -0.25) is 9.78 Å². The van der Waals surface area contributed by atoms with Crippen LogP contribution < -0.4 is 15.6 Å². The molecule has 35 heavy (non-hydrogen) atoms. The Bertz CT molecular complexity index is 1260. The van der Waals surface area contributed by atoms with Gasteiger partial charge in [-0.1, -0.05) is 35.9 Å². The van der Waals surface area contributed by atoms with Crippen molar-refractivity contribution in [1.82, 2.24) is 15.3 Å². The number of nitrogens with zero attached hydrogens (tertiary/aromatic N) is 1. The fourth-order valence-corrected chi connectivity index (χ4v) is 5.03. The van der Waals surface area contributed by atoms with Crippen LogP contribution in [0.15, 0.2) is 53.6 Å². The maximum Gasteiger partial charge on any atom is 0.259 e. The van der Waals surface area contributed by atoms with Gasteiger partial charge in [0.25, 0.3) is 5.56 Å². The standard InChI is InChI=1S/C28H30ClN3O3/c29-22-5-6-24(32-16-22)17-35-26-11-12-30-28(34)27(26)21-4-3-19-13-18(1-2-20(19)14-21)15-31-23-7-9-25(33)10-8-23/h1-2,5-6,11-14,16,23,25,31,33H,3-4,7-10,15,17H2,(H,30,34). The van der Waals surface area contributed by atoms with Crippen molar-refractivity contribution in [3.8, 4) is 5.75 Å². The second-order valence-corrected chi connectivity index (χ2v) is 9.83. The molecule has 0 saturated heterocycles. The van der Waals surface area contributed by atoms with Gasteiger partial charge in [0.05, 0.1) is 22.4 Å². The van der Waals surface area contributed by atoms with Gasteiger partial charge in [-0.15, -0.1) is 0 Å². The highest BCUT2D eigenvalue weighted by molar-refractivity contribution is 6.30. The molecule has 3 aromatic rings. The monoisotopic (exact) mass is 491 g/mol. The number of aliphatic hydroxyl groups excluding tert-OH is 1. The number of aromatic amines is 1. The van der Waals surface area contributed by atoms with Crippen LogP contribution in [0.5, 0.6) is 5.75 Å². The molecule has 2 aromatic heterocycles. The molecule has 0 radical (unpaired) electrons. The van der Waals surface area contributed by atoms with Crippen molar-refractivity contribution in [2.75, 3.05) is 0 Å². The van der Waals surface area contributed by atoms with Crippen molar-refractivity contribution in [2.24, 2.45) is 0 Å². The molecule has 0 atom stereocenters. The number of benzene rings is 1. The number of pyridine rings is 2. The van der Waals surface area contributed by atoms with Crippen molar-refractivity contribution in [3.05, 3.63) is 92.1 Å². The summed E-state index contributed by atoms with van der Waals surface area (Å²) in [7, 11) is 0. The zero-order valence-electron chi connectivity index (χ0n) is 19.6. The van der Waals surface area contributed by atoms with E-state index in [1.54, 1.807) is 24.5 Å². The quantitative estimate of drug-likeness (QED) is 0.438. The summed E-state index contributed by atoms with van der Waals surface area (Å²) in [5, 5.41) is 13.9. The third-order valence-corrected chi connectivity index (χ3v) is 7.12. The van der Waals surface area contributed by atoms with E-state index in [1.807, 2.05) is 6.07 Å². The van der Waals surface area contributed by atoms with Crippen LogP contribution in [0.2, 0.25) is 5.02 Å². The number of aromatic nitrogens is 2. The highest BCUT2D eigenvalue weighted by Gasteiger charge is 2.20. The lowest BCUT2D eigenvalue weighted by atomic mass is 9.87. The van der Waals surface area contributed by atoms with Gasteiger partial charge in [-0.2, -0.15) is 0 Å². The van der Waals surface area contributed by atoms with Crippen molar-refractivity contribution in [1.29, 1.82) is 0 Å². The van der Waals surface area contributed by atoms with Gasteiger partial charge < -0.3 is 20.1 Å². The smallest absolute Gasteiger partial charge is 0.259 e. The van der Waals surface area contributed by atoms with E-state index in [-0.39, 0.29) is 18.3 Å². The highest BCUT2D eigenvalue weighted by atomic mass is 35.5. The molecule has 3 N–H and O–H groups in total. The summed E-state index contributed by atoms with van der Waals surface area (Å²) in [5.41, 5.74) is 5.86. The first-order chi connectivity index (χ1) is 17.0. The Morgan fingerprint density at radius 3 is 2.77 bits per heavy atom. The van der Waals surface area contributed by atoms with Gasteiger partial charge in [0.15, 0.2) is 0 Å². The second kappa shape index (κ2) is 10.8. The minimum Gasteiger partial charge on any atom is -0.486 e. The number of ether oxygens (including phenoxy) is 1. The molecule has 0 spiro atoms. The van der Waals surface area contributed by atoms with E-state index in [9.17, 15) is 9.90 Å². The molecular weight excluding hydrogens is 462 g/mol. The molecule has 182 valence electrons. The number of rotatable bonds is 7. The number of hydrogen-bond acceptors (Lipinski definition) is 5. The van der Waals surface area contributed by atoms with Gasteiger partial charge in [-0.25, -0.2) is 0 Å². The lowest BCUT2D eigenvalue weighted by Gasteiger charge is -2.26. The predicted octanol–water partition coefficient (Wildman–Crippen LogP) is 4.88. The van der Waals surface area contributed by atoms with Crippen LogP contribution >= 0.6 is 11.6 Å².